The average molecular weight is 552 g/mol. The fraction of sp³-hybridized carbons (Fsp3) is 0.719. The molecule has 1 saturated carbocycles. The van der Waals surface area contributed by atoms with Gasteiger partial charge in [-0.25, -0.2) is 0 Å². The molecule has 2 fully saturated rings. The molecule has 39 heavy (non-hydrogen) atoms. The minimum Gasteiger partial charge on any atom is -0.469 e. The highest BCUT2D eigenvalue weighted by molar-refractivity contribution is 5.72. The summed E-state index contributed by atoms with van der Waals surface area (Å²) < 4.78 is 9.52. The zero-order valence-electron chi connectivity index (χ0n) is 26.8. The molecule has 1 heterocycles. The molecule has 1 saturated heterocycles. The highest BCUT2D eigenvalue weighted by atomic mass is 16.5. The molecule has 0 radical (unpaired) electrons. The number of allylic oxidation sites excluding steroid dienone is 3. The van der Waals surface area contributed by atoms with Crippen LogP contribution in [0.1, 0.15) is 107 Å². The number of nitrogens with zero attached hydrogens (tertiary/aromatic N) is 1. The van der Waals surface area contributed by atoms with Crippen LogP contribution in [0.4, 0.5) is 0 Å². The molecular weight excluding hydrogens is 490 g/mol. The summed E-state index contributed by atoms with van der Waals surface area (Å²) in [5, 5.41) is 23.1. The first-order valence-corrected chi connectivity index (χ1v) is 14.2. The number of hydrogen-bond acceptors (Lipinski definition) is 7. The van der Waals surface area contributed by atoms with E-state index in [2.05, 4.69) is 51.8 Å². The average Bonchev–Trinajstić information content (AvgIpc) is 3.39. The number of ether oxygens (including phenoxy) is 2. The number of hydrogen-bond donors (Lipinski definition) is 3. The SMILES string of the molecule is C#C.CC.CC.CC=N.CCC/C=C\C=C(/C)CN.COC(=O)C1CCC(C)(C)CC1.N#CC1OCCC1O. The lowest BCUT2D eigenvalue weighted by atomic mass is 9.73. The highest BCUT2D eigenvalue weighted by Crippen LogP contribution is 2.38. The molecule has 2 unspecified atom stereocenters. The van der Waals surface area contributed by atoms with E-state index in [1.807, 2.05) is 40.7 Å². The summed E-state index contributed by atoms with van der Waals surface area (Å²) in [6.07, 6.45) is 21.7. The zero-order chi connectivity index (χ0) is 31.7. The molecule has 1 aliphatic heterocycles. The molecule has 1 aliphatic carbocycles. The van der Waals surface area contributed by atoms with Crippen LogP contribution in [0.3, 0.4) is 0 Å². The van der Waals surface area contributed by atoms with Crippen molar-refractivity contribution >= 4 is 12.2 Å². The van der Waals surface area contributed by atoms with E-state index in [9.17, 15) is 4.79 Å². The number of nitrogens with one attached hydrogen (secondary N) is 1. The molecule has 0 bridgehead atoms. The molecule has 0 aromatic heterocycles. The van der Waals surface area contributed by atoms with Gasteiger partial charge in [0.2, 0.25) is 0 Å². The monoisotopic (exact) mass is 551 g/mol. The van der Waals surface area contributed by atoms with E-state index in [-0.39, 0.29) is 11.9 Å². The minimum absolute atomic E-state index is 0.0227. The van der Waals surface area contributed by atoms with E-state index in [4.69, 9.17) is 31.0 Å². The Bertz CT molecular complexity index is 654. The van der Waals surface area contributed by atoms with Crippen molar-refractivity contribution in [2.75, 3.05) is 20.3 Å². The number of nitrogens with two attached hydrogens (primary N) is 1. The maximum atomic E-state index is 11.2. The first-order valence-electron chi connectivity index (χ1n) is 14.2. The van der Waals surface area contributed by atoms with Gasteiger partial charge in [-0.2, -0.15) is 5.26 Å². The largest absolute Gasteiger partial charge is 0.469 e. The van der Waals surface area contributed by atoms with Gasteiger partial charge in [0.15, 0.2) is 6.10 Å². The number of aliphatic hydroxyl groups excluding tert-OH is 1. The van der Waals surface area contributed by atoms with Crippen LogP contribution in [0.5, 0.6) is 0 Å². The Labute approximate surface area is 241 Å². The first kappa shape index (κ1) is 46.4. The van der Waals surface area contributed by atoms with E-state index in [1.165, 1.54) is 25.3 Å². The summed E-state index contributed by atoms with van der Waals surface area (Å²) in [5.41, 5.74) is 7.05. The van der Waals surface area contributed by atoms with Crippen LogP contribution in [0, 0.1) is 40.9 Å². The van der Waals surface area contributed by atoms with Crippen LogP contribution in [0.15, 0.2) is 23.8 Å². The molecule has 2 aliphatic rings. The quantitative estimate of drug-likeness (QED) is 0.143. The Morgan fingerprint density at radius 3 is 2.00 bits per heavy atom. The molecular formula is C32H61N3O4. The number of unbranched alkanes of at least 4 members (excludes halogenated alkanes) is 1. The van der Waals surface area contributed by atoms with Crippen LogP contribution in [-0.2, 0) is 14.3 Å². The number of aliphatic hydroxyl groups is 1. The summed E-state index contributed by atoms with van der Waals surface area (Å²) in [7, 11) is 1.47. The van der Waals surface area contributed by atoms with Gasteiger partial charge in [-0.15, -0.1) is 12.8 Å². The molecule has 7 nitrogen and oxygen atoms in total. The topological polar surface area (TPSA) is 129 Å². The van der Waals surface area contributed by atoms with Gasteiger partial charge in [0, 0.05) is 13.0 Å². The second-order valence-electron chi connectivity index (χ2n) is 8.96. The molecule has 0 spiro atoms. The van der Waals surface area contributed by atoms with Crippen molar-refractivity contribution < 1.29 is 19.4 Å². The molecule has 7 heteroatoms. The molecule has 4 N–H and O–H groups in total. The molecule has 0 aromatic carbocycles. The van der Waals surface area contributed by atoms with Gasteiger partial charge in [0.25, 0.3) is 0 Å². The Balaban J connectivity index is -0.000000130. The number of rotatable bonds is 5. The van der Waals surface area contributed by atoms with Crippen LogP contribution in [0.25, 0.3) is 0 Å². The van der Waals surface area contributed by atoms with Gasteiger partial charge < -0.3 is 25.7 Å². The Hall–Kier alpha value is -2.45. The number of methoxy groups -OCH3 is 1. The first-order chi connectivity index (χ1) is 18.6. The van der Waals surface area contributed by atoms with Crippen molar-refractivity contribution in [3.63, 3.8) is 0 Å². The Morgan fingerprint density at radius 1 is 1.21 bits per heavy atom. The molecule has 0 amide bonds. The van der Waals surface area contributed by atoms with E-state index in [1.54, 1.807) is 6.92 Å². The molecule has 228 valence electrons. The van der Waals surface area contributed by atoms with Crippen molar-refractivity contribution in [3.05, 3.63) is 23.8 Å². The zero-order valence-corrected chi connectivity index (χ0v) is 26.8. The van der Waals surface area contributed by atoms with Crippen LogP contribution in [0.2, 0.25) is 0 Å². The van der Waals surface area contributed by atoms with Crippen molar-refractivity contribution in [2.45, 2.75) is 119 Å². The second-order valence-corrected chi connectivity index (χ2v) is 8.96. The third-order valence-electron chi connectivity index (χ3n) is 5.36. The second kappa shape index (κ2) is 35.5. The Kier molecular flexibility index (Phi) is 42.3. The molecule has 2 atom stereocenters. The smallest absolute Gasteiger partial charge is 0.308 e. The lowest BCUT2D eigenvalue weighted by Crippen LogP contribution is -2.26. The van der Waals surface area contributed by atoms with Crippen LogP contribution >= 0.6 is 0 Å². The van der Waals surface area contributed by atoms with Crippen molar-refractivity contribution in [1.29, 1.82) is 10.7 Å². The van der Waals surface area contributed by atoms with Gasteiger partial charge in [-0.3, -0.25) is 4.79 Å². The summed E-state index contributed by atoms with van der Waals surface area (Å²) >= 11 is 0. The number of terminal acetylenes is 1. The summed E-state index contributed by atoms with van der Waals surface area (Å²) in [4.78, 5) is 11.2. The van der Waals surface area contributed by atoms with E-state index in [0.717, 1.165) is 32.1 Å². The summed E-state index contributed by atoms with van der Waals surface area (Å²) in [6.45, 7) is 19.6. The van der Waals surface area contributed by atoms with Gasteiger partial charge in [-0.05, 0) is 57.6 Å². The number of carbonyl (C=O) groups excluding carboxylic acids is 1. The highest BCUT2D eigenvalue weighted by Gasteiger charge is 2.30. The number of esters is 1. The van der Waals surface area contributed by atoms with E-state index >= 15 is 0 Å². The fourth-order valence-corrected chi connectivity index (χ4v) is 3.07. The Morgan fingerprint density at radius 2 is 1.69 bits per heavy atom. The third-order valence-corrected chi connectivity index (χ3v) is 5.36. The predicted octanol–water partition coefficient (Wildman–Crippen LogP) is 7.24. The normalized spacial score (nSPS) is 18.8. The summed E-state index contributed by atoms with van der Waals surface area (Å²) in [6, 6.07) is 1.84. The third kappa shape index (κ3) is 31.7. The standard InChI is InChI=1S/C10H18O2.C9H17N.C5H7NO2.C2H5N.2C2H6.C2H2/c1-10(2)6-4-8(5-7-10)9(11)12-3;1-3-4-5-6-7-9(2)8-10;6-3-5-4(7)1-2-8-5;1-2-3;3*1-2/h8H,4-7H2,1-3H3;5-7H,3-4,8,10H2,1-2H3;4-5,7H,1-2H2;2-3H,1H3;2*1-2H3;1-2H/b;6-5-,9-7+;;;;;. The lowest BCUT2D eigenvalue weighted by Gasteiger charge is -2.32. The van der Waals surface area contributed by atoms with Gasteiger partial charge in [0.1, 0.15) is 0 Å². The number of nitriles is 1. The lowest BCUT2D eigenvalue weighted by molar-refractivity contribution is -0.147. The van der Waals surface area contributed by atoms with Crippen LogP contribution in [-0.4, -0.2) is 49.8 Å². The molecule has 2 rings (SSSR count). The van der Waals surface area contributed by atoms with Gasteiger partial charge in [0.05, 0.1) is 31.8 Å². The van der Waals surface area contributed by atoms with Gasteiger partial charge in [-0.1, -0.05) is 78.7 Å². The maximum Gasteiger partial charge on any atom is 0.308 e. The van der Waals surface area contributed by atoms with Crippen molar-refractivity contribution in [1.82, 2.24) is 0 Å². The number of carbonyl (C=O) groups is 1. The molecule has 0 aromatic rings. The van der Waals surface area contributed by atoms with Crippen molar-refractivity contribution in [3.8, 4) is 18.9 Å². The van der Waals surface area contributed by atoms with Crippen LogP contribution < -0.4 is 5.73 Å². The van der Waals surface area contributed by atoms with E-state index < -0.39 is 12.2 Å². The van der Waals surface area contributed by atoms with Crippen molar-refractivity contribution in [2.24, 2.45) is 17.1 Å². The van der Waals surface area contributed by atoms with E-state index in [0.29, 0.717) is 25.0 Å². The summed E-state index contributed by atoms with van der Waals surface area (Å²) in [5.74, 6) is 0.147. The van der Waals surface area contributed by atoms with Gasteiger partial charge >= 0.3 is 5.97 Å². The predicted molar refractivity (Wildman–Crippen MR) is 168 cm³/mol. The fourth-order valence-electron chi connectivity index (χ4n) is 3.07. The maximum absolute atomic E-state index is 11.2. The minimum atomic E-state index is -0.574.